The van der Waals surface area contributed by atoms with Gasteiger partial charge in [-0.25, -0.2) is 9.79 Å². The number of benzene rings is 1. The number of thiazole rings is 1. The summed E-state index contributed by atoms with van der Waals surface area (Å²) in [4.78, 5) is 33.4. The number of hydrogen-bond donors (Lipinski definition) is 0. The molecule has 34 heavy (non-hydrogen) atoms. The predicted octanol–water partition coefficient (Wildman–Crippen LogP) is 4.72. The Balaban J connectivity index is 2.07. The van der Waals surface area contributed by atoms with Gasteiger partial charge in [-0.2, -0.15) is 0 Å². The maximum atomic E-state index is 13.8. The maximum absolute atomic E-state index is 13.8. The molecule has 1 atom stereocenters. The molecular formula is C25H25BrN2O4S2. The lowest BCUT2D eigenvalue weighted by molar-refractivity contribution is -0.139. The molecule has 2 aromatic heterocycles. The van der Waals surface area contributed by atoms with Crippen LogP contribution in [0.4, 0.5) is 0 Å². The molecule has 3 heterocycles. The molecule has 3 aromatic rings. The van der Waals surface area contributed by atoms with Gasteiger partial charge in [-0.1, -0.05) is 40.6 Å². The third-order valence-corrected chi connectivity index (χ3v) is 7.98. The lowest BCUT2D eigenvalue weighted by Crippen LogP contribution is -2.40. The molecular weight excluding hydrogens is 536 g/mol. The smallest absolute Gasteiger partial charge is 0.338 e. The van der Waals surface area contributed by atoms with E-state index < -0.39 is 12.0 Å². The first kappa shape index (κ1) is 24.6. The third kappa shape index (κ3) is 4.56. The van der Waals surface area contributed by atoms with E-state index in [2.05, 4.69) is 15.9 Å². The number of carbonyl (C=O) groups excluding carboxylic acids is 1. The van der Waals surface area contributed by atoms with Gasteiger partial charge in [0.2, 0.25) is 0 Å². The second-order valence-electron chi connectivity index (χ2n) is 7.77. The van der Waals surface area contributed by atoms with Crippen molar-refractivity contribution in [1.82, 2.24) is 4.57 Å². The fourth-order valence-electron chi connectivity index (χ4n) is 3.99. The lowest BCUT2D eigenvalue weighted by atomic mass is 9.93. The quantitative estimate of drug-likeness (QED) is 0.392. The van der Waals surface area contributed by atoms with Crippen LogP contribution in [0.5, 0.6) is 5.75 Å². The van der Waals surface area contributed by atoms with E-state index >= 15 is 0 Å². The molecule has 0 unspecified atom stereocenters. The van der Waals surface area contributed by atoms with Crippen LogP contribution >= 0.6 is 38.6 Å². The molecule has 0 bridgehead atoms. The molecule has 0 spiro atoms. The van der Waals surface area contributed by atoms with Gasteiger partial charge >= 0.3 is 5.97 Å². The number of ether oxygens (including phenoxy) is 2. The highest BCUT2D eigenvalue weighted by Crippen LogP contribution is 2.38. The highest BCUT2D eigenvalue weighted by atomic mass is 79.9. The van der Waals surface area contributed by atoms with Crippen LogP contribution in [0.25, 0.3) is 6.08 Å². The fraction of sp³-hybridized carbons (Fsp3) is 0.320. The largest absolute Gasteiger partial charge is 0.496 e. The van der Waals surface area contributed by atoms with E-state index in [-0.39, 0.29) is 12.2 Å². The monoisotopic (exact) mass is 560 g/mol. The van der Waals surface area contributed by atoms with Crippen LogP contribution in [0.3, 0.4) is 0 Å². The summed E-state index contributed by atoms with van der Waals surface area (Å²) >= 11 is 6.46. The maximum Gasteiger partial charge on any atom is 0.338 e. The van der Waals surface area contributed by atoms with Crippen molar-refractivity contribution in [2.45, 2.75) is 39.7 Å². The first-order valence-corrected chi connectivity index (χ1v) is 13.5. The van der Waals surface area contributed by atoms with Crippen LogP contribution in [-0.2, 0) is 9.53 Å². The highest BCUT2D eigenvalue weighted by Gasteiger charge is 2.36. The molecule has 1 aliphatic heterocycles. The first-order chi connectivity index (χ1) is 16.4. The number of halogens is 1. The van der Waals surface area contributed by atoms with Crippen molar-refractivity contribution < 1.29 is 14.3 Å². The van der Waals surface area contributed by atoms with Gasteiger partial charge in [0.1, 0.15) is 11.8 Å². The second-order valence-corrected chi connectivity index (χ2v) is 10.6. The van der Waals surface area contributed by atoms with Gasteiger partial charge in [-0.3, -0.25) is 9.36 Å². The number of methoxy groups -OCH3 is 1. The molecule has 1 aromatic carbocycles. The summed E-state index contributed by atoms with van der Waals surface area (Å²) in [5.41, 5.74) is 2.64. The second kappa shape index (κ2) is 10.4. The number of aromatic nitrogens is 1. The zero-order chi connectivity index (χ0) is 24.4. The number of fused-ring (bicyclic) bond motifs is 1. The van der Waals surface area contributed by atoms with E-state index in [1.165, 1.54) is 11.3 Å². The summed E-state index contributed by atoms with van der Waals surface area (Å²) in [6.07, 6.45) is 3.30. The van der Waals surface area contributed by atoms with E-state index in [4.69, 9.17) is 14.5 Å². The van der Waals surface area contributed by atoms with Crippen LogP contribution in [0.15, 0.2) is 55.2 Å². The molecule has 178 valence electrons. The number of aryl methyl sites for hydroxylation is 1. The average Bonchev–Trinajstić information content (AvgIpc) is 3.35. The highest BCUT2D eigenvalue weighted by molar-refractivity contribution is 9.10. The molecule has 4 rings (SSSR count). The minimum absolute atomic E-state index is 0.194. The molecule has 0 fully saturated rings. The number of esters is 1. The predicted molar refractivity (Wildman–Crippen MR) is 139 cm³/mol. The molecule has 0 radical (unpaired) electrons. The molecule has 6 nitrogen and oxygen atoms in total. The van der Waals surface area contributed by atoms with Gasteiger partial charge in [0, 0.05) is 14.9 Å². The minimum Gasteiger partial charge on any atom is -0.496 e. The Hall–Kier alpha value is -2.49. The Kier molecular flexibility index (Phi) is 7.54. The van der Waals surface area contributed by atoms with Crippen LogP contribution in [0, 0.1) is 6.92 Å². The molecule has 0 aliphatic carbocycles. The van der Waals surface area contributed by atoms with Gasteiger partial charge in [-0.05, 0) is 61.6 Å². The molecule has 0 saturated carbocycles. The number of carbonyl (C=O) groups is 1. The van der Waals surface area contributed by atoms with E-state index in [1.807, 2.05) is 49.6 Å². The van der Waals surface area contributed by atoms with Crippen molar-refractivity contribution >= 4 is 50.6 Å². The molecule has 0 N–H and O–H groups in total. The van der Waals surface area contributed by atoms with Crippen molar-refractivity contribution in [3.05, 3.63) is 81.1 Å². The Morgan fingerprint density at radius 2 is 2.09 bits per heavy atom. The normalized spacial score (nSPS) is 15.8. The third-order valence-electron chi connectivity index (χ3n) is 5.54. The van der Waals surface area contributed by atoms with Gasteiger partial charge in [0.25, 0.3) is 5.56 Å². The molecule has 9 heteroatoms. The fourth-order valence-corrected chi connectivity index (χ4v) is 6.30. The van der Waals surface area contributed by atoms with E-state index in [1.54, 1.807) is 29.9 Å². The summed E-state index contributed by atoms with van der Waals surface area (Å²) in [5.74, 6) is 0.113. The Morgan fingerprint density at radius 3 is 2.74 bits per heavy atom. The Morgan fingerprint density at radius 1 is 1.29 bits per heavy atom. The van der Waals surface area contributed by atoms with Gasteiger partial charge in [0.05, 0.1) is 29.5 Å². The van der Waals surface area contributed by atoms with Gasteiger partial charge in [-0.15, -0.1) is 11.3 Å². The Labute approximate surface area is 214 Å². The SMILES string of the molecule is CCCC1=C(C(=O)OCC)[C@@H](c2cc(Br)ccc2OC)n2c(s/c(=C/c3sccc3C)c2=O)=N1. The minimum atomic E-state index is -0.712. The number of rotatable bonds is 7. The topological polar surface area (TPSA) is 69.9 Å². The van der Waals surface area contributed by atoms with Crippen molar-refractivity contribution in [3.8, 4) is 5.75 Å². The van der Waals surface area contributed by atoms with E-state index in [9.17, 15) is 9.59 Å². The van der Waals surface area contributed by atoms with Gasteiger partial charge < -0.3 is 9.47 Å². The van der Waals surface area contributed by atoms with Crippen molar-refractivity contribution in [3.63, 3.8) is 0 Å². The summed E-state index contributed by atoms with van der Waals surface area (Å²) in [6.45, 7) is 6.05. The summed E-state index contributed by atoms with van der Waals surface area (Å²) in [7, 11) is 1.58. The average molecular weight is 562 g/mol. The molecule has 0 amide bonds. The number of nitrogens with zero attached hydrogens (tertiary/aromatic N) is 2. The van der Waals surface area contributed by atoms with Crippen LogP contribution < -0.4 is 19.6 Å². The first-order valence-electron chi connectivity index (χ1n) is 11.0. The van der Waals surface area contributed by atoms with Crippen LogP contribution in [0.1, 0.15) is 48.7 Å². The zero-order valence-corrected chi connectivity index (χ0v) is 22.6. The van der Waals surface area contributed by atoms with Crippen molar-refractivity contribution in [2.75, 3.05) is 13.7 Å². The summed E-state index contributed by atoms with van der Waals surface area (Å²) in [5, 5.41) is 2.01. The summed E-state index contributed by atoms with van der Waals surface area (Å²) < 4.78 is 14.1. The van der Waals surface area contributed by atoms with Crippen LogP contribution in [0.2, 0.25) is 0 Å². The number of thiophene rings is 1. The van der Waals surface area contributed by atoms with Crippen molar-refractivity contribution in [2.24, 2.45) is 4.99 Å². The lowest BCUT2D eigenvalue weighted by Gasteiger charge is -2.27. The van der Waals surface area contributed by atoms with E-state index in [0.29, 0.717) is 38.3 Å². The standard InChI is InChI=1S/C25H25BrN2O4S2/c1-5-7-17-21(24(30)32-6-2)22(16-12-15(26)8-9-18(16)31-4)28-23(29)20(34-25(28)27-17)13-19-14(3)10-11-33-19/h8-13,22H,5-7H2,1-4H3/b20-13+/t22-/m1/s1. The van der Waals surface area contributed by atoms with Crippen LogP contribution in [-0.4, -0.2) is 24.3 Å². The summed E-state index contributed by atoms with van der Waals surface area (Å²) in [6, 6.07) is 6.90. The number of allylic oxidation sites excluding steroid dienone is 1. The number of hydrogen-bond acceptors (Lipinski definition) is 7. The van der Waals surface area contributed by atoms with Crippen molar-refractivity contribution in [1.29, 1.82) is 0 Å². The van der Waals surface area contributed by atoms with E-state index in [0.717, 1.165) is 21.3 Å². The Bertz CT molecular complexity index is 1450. The van der Waals surface area contributed by atoms with Gasteiger partial charge in [0.15, 0.2) is 4.80 Å². The molecule has 0 saturated heterocycles. The zero-order valence-electron chi connectivity index (χ0n) is 19.4. The molecule has 1 aliphatic rings.